The summed E-state index contributed by atoms with van der Waals surface area (Å²) in [5, 5.41) is 2.83. The Bertz CT molecular complexity index is 417. The largest absolute Gasteiger partial charge is 0.355 e. The second kappa shape index (κ2) is 6.31. The van der Waals surface area contributed by atoms with Crippen LogP contribution < -0.4 is 5.32 Å². The fraction of sp³-hybridized carbons (Fsp3) is 0.429. The average molecular weight is 246 g/mol. The lowest BCUT2D eigenvalue weighted by molar-refractivity contribution is -0.121. The van der Waals surface area contributed by atoms with E-state index in [0.717, 1.165) is 25.1 Å². The molecule has 18 heavy (non-hydrogen) atoms. The monoisotopic (exact) mass is 246 g/mol. The summed E-state index contributed by atoms with van der Waals surface area (Å²) in [7, 11) is 0. The highest BCUT2D eigenvalue weighted by molar-refractivity contribution is 5.96. The zero-order valence-corrected chi connectivity index (χ0v) is 10.4. The second-order valence-electron chi connectivity index (χ2n) is 4.52. The van der Waals surface area contributed by atoms with Gasteiger partial charge in [-0.05, 0) is 6.42 Å². The maximum atomic E-state index is 11.9. The van der Waals surface area contributed by atoms with E-state index in [1.807, 2.05) is 35.2 Å². The van der Waals surface area contributed by atoms with Crippen molar-refractivity contribution in [2.75, 3.05) is 26.2 Å². The normalized spacial score (nSPS) is 17.0. The first-order chi connectivity index (χ1) is 8.75. The van der Waals surface area contributed by atoms with Gasteiger partial charge in [0.2, 0.25) is 5.91 Å². The van der Waals surface area contributed by atoms with Gasteiger partial charge in [0.25, 0.3) is 0 Å². The van der Waals surface area contributed by atoms with Gasteiger partial charge in [-0.15, -0.1) is 0 Å². The van der Waals surface area contributed by atoms with Gasteiger partial charge in [0.05, 0.1) is 6.54 Å². The summed E-state index contributed by atoms with van der Waals surface area (Å²) in [6.45, 7) is 2.67. The van der Waals surface area contributed by atoms with Crippen molar-refractivity contribution in [1.82, 2.24) is 10.2 Å². The maximum Gasteiger partial charge on any atom is 0.234 e. The van der Waals surface area contributed by atoms with Crippen molar-refractivity contribution in [3.8, 4) is 0 Å². The molecular weight excluding hydrogens is 228 g/mol. The molecule has 4 nitrogen and oxygen atoms in total. The van der Waals surface area contributed by atoms with Crippen molar-refractivity contribution < 1.29 is 9.59 Å². The standard InChI is InChI=1S/C14H18N2O2/c17-13(12-5-2-1-3-6-12)7-10-16-9-4-8-15-14(18)11-16/h1-3,5-6H,4,7-11H2,(H,15,18). The van der Waals surface area contributed by atoms with E-state index in [2.05, 4.69) is 5.32 Å². The van der Waals surface area contributed by atoms with Gasteiger partial charge in [0.1, 0.15) is 0 Å². The molecule has 1 aliphatic rings. The quantitative estimate of drug-likeness (QED) is 0.809. The van der Waals surface area contributed by atoms with E-state index in [-0.39, 0.29) is 11.7 Å². The summed E-state index contributed by atoms with van der Waals surface area (Å²) in [6, 6.07) is 9.30. The Hall–Kier alpha value is -1.68. The Morgan fingerprint density at radius 2 is 2.06 bits per heavy atom. The summed E-state index contributed by atoms with van der Waals surface area (Å²) in [4.78, 5) is 25.3. The molecule has 0 bridgehead atoms. The van der Waals surface area contributed by atoms with Crippen molar-refractivity contribution in [1.29, 1.82) is 0 Å². The first-order valence-corrected chi connectivity index (χ1v) is 6.33. The minimum atomic E-state index is 0.0552. The number of Topliss-reactive ketones (excluding diaryl/α,β-unsaturated/α-hetero) is 1. The van der Waals surface area contributed by atoms with Gasteiger partial charge in [-0.3, -0.25) is 14.5 Å². The third-order valence-corrected chi connectivity index (χ3v) is 3.09. The van der Waals surface area contributed by atoms with Crippen LogP contribution in [0, 0.1) is 0 Å². The van der Waals surface area contributed by atoms with Gasteiger partial charge in [-0.1, -0.05) is 30.3 Å². The Balaban J connectivity index is 1.84. The van der Waals surface area contributed by atoms with Crippen LogP contribution in [0.15, 0.2) is 30.3 Å². The third-order valence-electron chi connectivity index (χ3n) is 3.09. The van der Waals surface area contributed by atoms with Crippen LogP contribution in [0.25, 0.3) is 0 Å². The van der Waals surface area contributed by atoms with E-state index in [1.165, 1.54) is 0 Å². The first kappa shape index (κ1) is 12.8. The van der Waals surface area contributed by atoms with Crippen molar-refractivity contribution in [2.45, 2.75) is 12.8 Å². The molecule has 1 aromatic rings. The fourth-order valence-corrected chi connectivity index (χ4v) is 2.09. The van der Waals surface area contributed by atoms with Crippen molar-refractivity contribution in [3.63, 3.8) is 0 Å². The summed E-state index contributed by atoms with van der Waals surface area (Å²) in [5.74, 6) is 0.194. The SMILES string of the molecule is O=C1CN(CCC(=O)c2ccccc2)CCCN1. The molecular formula is C14H18N2O2. The molecule has 0 radical (unpaired) electrons. The van der Waals surface area contributed by atoms with Crippen molar-refractivity contribution >= 4 is 11.7 Å². The zero-order valence-electron chi connectivity index (χ0n) is 10.4. The number of ketones is 1. The molecule has 0 aromatic heterocycles. The third kappa shape index (κ3) is 3.67. The van der Waals surface area contributed by atoms with E-state index < -0.39 is 0 Å². The van der Waals surface area contributed by atoms with Crippen LogP contribution in [-0.4, -0.2) is 42.8 Å². The first-order valence-electron chi connectivity index (χ1n) is 6.33. The van der Waals surface area contributed by atoms with Crippen LogP contribution in [-0.2, 0) is 4.79 Å². The topological polar surface area (TPSA) is 49.4 Å². The minimum absolute atomic E-state index is 0.0552. The Morgan fingerprint density at radius 3 is 2.83 bits per heavy atom. The molecule has 1 N–H and O–H groups in total. The van der Waals surface area contributed by atoms with Gasteiger partial charge in [-0.2, -0.15) is 0 Å². The number of rotatable bonds is 4. The van der Waals surface area contributed by atoms with Gasteiger partial charge in [0, 0.05) is 31.6 Å². The molecule has 0 saturated carbocycles. The molecule has 2 rings (SSSR count). The van der Waals surface area contributed by atoms with Crippen LogP contribution in [0.2, 0.25) is 0 Å². The van der Waals surface area contributed by atoms with Crippen LogP contribution in [0.4, 0.5) is 0 Å². The maximum absolute atomic E-state index is 11.9. The summed E-state index contributed by atoms with van der Waals surface area (Å²) >= 11 is 0. The van der Waals surface area contributed by atoms with Gasteiger partial charge in [0.15, 0.2) is 5.78 Å². The average Bonchev–Trinajstić information content (AvgIpc) is 2.61. The van der Waals surface area contributed by atoms with E-state index >= 15 is 0 Å². The summed E-state index contributed by atoms with van der Waals surface area (Å²) in [6.07, 6.45) is 1.42. The van der Waals surface area contributed by atoms with Gasteiger partial charge in [-0.25, -0.2) is 0 Å². The van der Waals surface area contributed by atoms with Crippen LogP contribution in [0.3, 0.4) is 0 Å². The fourth-order valence-electron chi connectivity index (χ4n) is 2.09. The lowest BCUT2D eigenvalue weighted by Gasteiger charge is -2.17. The summed E-state index contributed by atoms with van der Waals surface area (Å²) < 4.78 is 0. The minimum Gasteiger partial charge on any atom is -0.355 e. The second-order valence-corrected chi connectivity index (χ2v) is 4.52. The molecule has 0 aliphatic carbocycles. The Morgan fingerprint density at radius 1 is 1.28 bits per heavy atom. The number of hydrogen-bond acceptors (Lipinski definition) is 3. The highest BCUT2D eigenvalue weighted by Gasteiger charge is 2.15. The number of nitrogens with zero attached hydrogens (tertiary/aromatic N) is 1. The summed E-state index contributed by atoms with van der Waals surface area (Å²) in [5.41, 5.74) is 0.747. The van der Waals surface area contributed by atoms with Crippen LogP contribution >= 0.6 is 0 Å². The van der Waals surface area contributed by atoms with Crippen LogP contribution in [0.1, 0.15) is 23.2 Å². The smallest absolute Gasteiger partial charge is 0.234 e. The molecule has 1 aliphatic heterocycles. The van der Waals surface area contributed by atoms with Gasteiger partial charge >= 0.3 is 0 Å². The van der Waals surface area contributed by atoms with E-state index in [0.29, 0.717) is 19.5 Å². The molecule has 0 spiro atoms. The molecule has 1 amide bonds. The number of carbonyl (C=O) groups excluding carboxylic acids is 2. The van der Waals surface area contributed by atoms with E-state index in [9.17, 15) is 9.59 Å². The highest BCUT2D eigenvalue weighted by Crippen LogP contribution is 2.05. The molecule has 0 unspecified atom stereocenters. The van der Waals surface area contributed by atoms with E-state index in [4.69, 9.17) is 0 Å². The van der Waals surface area contributed by atoms with Crippen LogP contribution in [0.5, 0.6) is 0 Å². The lowest BCUT2D eigenvalue weighted by Crippen LogP contribution is -2.34. The Kier molecular flexibility index (Phi) is 4.47. The highest BCUT2D eigenvalue weighted by atomic mass is 16.2. The number of benzene rings is 1. The molecule has 1 fully saturated rings. The molecule has 1 saturated heterocycles. The van der Waals surface area contributed by atoms with E-state index in [1.54, 1.807) is 0 Å². The zero-order chi connectivity index (χ0) is 12.8. The molecule has 96 valence electrons. The molecule has 1 heterocycles. The number of nitrogens with one attached hydrogen (secondary N) is 1. The number of hydrogen-bond donors (Lipinski definition) is 1. The molecule has 0 atom stereocenters. The molecule has 1 aromatic carbocycles. The lowest BCUT2D eigenvalue weighted by atomic mass is 10.1. The molecule has 4 heteroatoms. The Labute approximate surface area is 107 Å². The predicted octanol–water partition coefficient (Wildman–Crippen LogP) is 1.08. The van der Waals surface area contributed by atoms with Crippen molar-refractivity contribution in [3.05, 3.63) is 35.9 Å². The number of carbonyl (C=O) groups is 2. The predicted molar refractivity (Wildman–Crippen MR) is 69.5 cm³/mol. The number of amides is 1. The van der Waals surface area contributed by atoms with Crippen molar-refractivity contribution in [2.24, 2.45) is 0 Å². The van der Waals surface area contributed by atoms with Gasteiger partial charge < -0.3 is 5.32 Å².